The first-order chi connectivity index (χ1) is 12.3. The summed E-state index contributed by atoms with van der Waals surface area (Å²) < 4.78 is 5.15. The molecule has 25 heavy (non-hydrogen) atoms. The topological polar surface area (TPSA) is 58.2 Å². The van der Waals surface area contributed by atoms with Crippen LogP contribution in [0.25, 0.3) is 10.9 Å². The monoisotopic (exact) mass is 337 g/mol. The van der Waals surface area contributed by atoms with Gasteiger partial charge in [0.2, 0.25) is 5.91 Å². The van der Waals surface area contributed by atoms with Crippen molar-refractivity contribution in [1.29, 1.82) is 0 Å². The zero-order valence-electron chi connectivity index (χ0n) is 14.4. The number of rotatable bonds is 8. The van der Waals surface area contributed by atoms with Gasteiger partial charge in [-0.1, -0.05) is 24.3 Å². The van der Waals surface area contributed by atoms with Crippen LogP contribution in [0, 0.1) is 0 Å². The van der Waals surface area contributed by atoms with Crippen LogP contribution in [0.15, 0.2) is 54.9 Å². The Hall–Kier alpha value is -2.66. The molecular formula is C20H23N3O2. The first-order valence-electron chi connectivity index (χ1n) is 8.49. The van der Waals surface area contributed by atoms with E-state index in [0.29, 0.717) is 32.5 Å². The summed E-state index contributed by atoms with van der Waals surface area (Å²) in [6, 6.07) is 13.9. The van der Waals surface area contributed by atoms with Crippen molar-refractivity contribution in [2.24, 2.45) is 0 Å². The predicted molar refractivity (Wildman–Crippen MR) is 98.1 cm³/mol. The average Bonchev–Trinajstić information content (AvgIpc) is 3.07. The number of aromatic nitrogens is 2. The highest BCUT2D eigenvalue weighted by Crippen LogP contribution is 2.19. The molecule has 0 saturated carbocycles. The van der Waals surface area contributed by atoms with Crippen molar-refractivity contribution < 1.29 is 9.53 Å². The van der Waals surface area contributed by atoms with Crippen molar-refractivity contribution in [1.82, 2.24) is 14.9 Å². The summed E-state index contributed by atoms with van der Waals surface area (Å²) in [4.78, 5) is 22.1. The summed E-state index contributed by atoms with van der Waals surface area (Å²) >= 11 is 0. The van der Waals surface area contributed by atoms with Crippen molar-refractivity contribution >= 4 is 16.8 Å². The lowest BCUT2D eigenvalue weighted by Gasteiger charge is -2.22. The molecule has 0 aliphatic heterocycles. The number of H-pyrrole nitrogens is 1. The lowest BCUT2D eigenvalue weighted by Crippen LogP contribution is -2.33. The van der Waals surface area contributed by atoms with Gasteiger partial charge in [-0.3, -0.25) is 9.78 Å². The van der Waals surface area contributed by atoms with E-state index in [0.717, 1.165) is 11.2 Å². The van der Waals surface area contributed by atoms with E-state index in [1.54, 1.807) is 13.3 Å². The molecule has 0 saturated heterocycles. The van der Waals surface area contributed by atoms with E-state index in [9.17, 15) is 4.79 Å². The van der Waals surface area contributed by atoms with Crippen LogP contribution in [-0.2, 0) is 22.5 Å². The highest BCUT2D eigenvalue weighted by molar-refractivity contribution is 5.84. The van der Waals surface area contributed by atoms with Crippen LogP contribution < -0.4 is 0 Å². The SMILES string of the molecule is COCCN(Cc1ccccn1)C(=O)CCc1c[nH]c2ccccc12. The van der Waals surface area contributed by atoms with Gasteiger partial charge in [0.25, 0.3) is 0 Å². The summed E-state index contributed by atoms with van der Waals surface area (Å²) in [5, 5.41) is 1.18. The number of pyridine rings is 1. The maximum Gasteiger partial charge on any atom is 0.223 e. The molecule has 1 N–H and O–H groups in total. The number of ether oxygens (including phenoxy) is 1. The summed E-state index contributed by atoms with van der Waals surface area (Å²) in [6.45, 7) is 1.60. The Morgan fingerprint density at radius 3 is 2.84 bits per heavy atom. The molecule has 5 heteroatoms. The first kappa shape index (κ1) is 17.2. The lowest BCUT2D eigenvalue weighted by molar-refractivity contribution is -0.132. The lowest BCUT2D eigenvalue weighted by atomic mass is 10.1. The van der Waals surface area contributed by atoms with Crippen LogP contribution in [0.3, 0.4) is 0 Å². The molecule has 1 aromatic carbocycles. The Balaban J connectivity index is 1.65. The molecule has 0 radical (unpaired) electrons. The van der Waals surface area contributed by atoms with Gasteiger partial charge < -0.3 is 14.6 Å². The second kappa shape index (κ2) is 8.44. The molecule has 1 amide bonds. The summed E-state index contributed by atoms with van der Waals surface area (Å²) in [5.74, 6) is 0.119. The molecule has 2 heterocycles. The Bertz CT molecular complexity index is 814. The number of aromatic amines is 1. The number of benzene rings is 1. The molecule has 2 aromatic heterocycles. The number of amides is 1. The van der Waals surface area contributed by atoms with Crippen LogP contribution in [0.2, 0.25) is 0 Å². The Morgan fingerprint density at radius 2 is 2.04 bits per heavy atom. The molecule has 3 rings (SSSR count). The average molecular weight is 337 g/mol. The summed E-state index contributed by atoms with van der Waals surface area (Å²) in [5.41, 5.74) is 3.17. The maximum absolute atomic E-state index is 12.7. The van der Waals surface area contributed by atoms with E-state index in [4.69, 9.17) is 4.74 Å². The number of carbonyl (C=O) groups is 1. The number of nitrogens with zero attached hydrogens (tertiary/aromatic N) is 2. The van der Waals surface area contributed by atoms with Gasteiger partial charge in [-0.15, -0.1) is 0 Å². The molecule has 0 spiro atoms. The smallest absolute Gasteiger partial charge is 0.223 e. The Morgan fingerprint density at radius 1 is 1.20 bits per heavy atom. The predicted octanol–water partition coefficient (Wildman–Crippen LogP) is 3.17. The standard InChI is InChI=1S/C20H23N3O2/c1-25-13-12-23(15-17-6-4-5-11-21-17)20(24)10-9-16-14-22-19-8-3-2-7-18(16)19/h2-8,11,14,22H,9-10,12-13,15H2,1H3. The van der Waals surface area contributed by atoms with Crippen molar-refractivity contribution in [3.8, 4) is 0 Å². The third-order valence-electron chi connectivity index (χ3n) is 4.28. The van der Waals surface area contributed by atoms with Crippen LogP contribution in [0.5, 0.6) is 0 Å². The third-order valence-corrected chi connectivity index (χ3v) is 4.28. The quantitative estimate of drug-likeness (QED) is 0.687. The number of methoxy groups -OCH3 is 1. The van der Waals surface area contributed by atoms with Gasteiger partial charge in [0, 0.05) is 43.4 Å². The van der Waals surface area contributed by atoms with Gasteiger partial charge in [0.15, 0.2) is 0 Å². The zero-order valence-corrected chi connectivity index (χ0v) is 14.4. The van der Waals surface area contributed by atoms with Crippen LogP contribution in [-0.4, -0.2) is 41.0 Å². The molecule has 0 fully saturated rings. The fourth-order valence-electron chi connectivity index (χ4n) is 2.92. The molecule has 0 unspecified atom stereocenters. The molecular weight excluding hydrogens is 314 g/mol. The minimum Gasteiger partial charge on any atom is -0.383 e. The maximum atomic E-state index is 12.7. The summed E-state index contributed by atoms with van der Waals surface area (Å²) in [7, 11) is 1.65. The largest absolute Gasteiger partial charge is 0.383 e. The van der Waals surface area contributed by atoms with Gasteiger partial charge in [-0.05, 0) is 30.2 Å². The van der Waals surface area contributed by atoms with E-state index >= 15 is 0 Å². The number of aryl methyl sites for hydroxylation is 1. The zero-order chi connectivity index (χ0) is 17.5. The molecule has 0 aliphatic carbocycles. The van der Waals surface area contributed by atoms with Crippen LogP contribution in [0.1, 0.15) is 17.7 Å². The number of nitrogens with one attached hydrogen (secondary N) is 1. The van der Waals surface area contributed by atoms with Gasteiger partial charge in [-0.25, -0.2) is 0 Å². The molecule has 0 aliphatic rings. The molecule has 0 bridgehead atoms. The fourth-order valence-corrected chi connectivity index (χ4v) is 2.92. The van der Waals surface area contributed by atoms with E-state index in [2.05, 4.69) is 16.0 Å². The highest BCUT2D eigenvalue weighted by atomic mass is 16.5. The van der Waals surface area contributed by atoms with Gasteiger partial charge in [0.1, 0.15) is 0 Å². The van der Waals surface area contributed by atoms with Crippen LogP contribution in [0.4, 0.5) is 0 Å². The van der Waals surface area contributed by atoms with Crippen LogP contribution >= 0.6 is 0 Å². The van der Waals surface area contributed by atoms with Crippen molar-refractivity contribution in [2.45, 2.75) is 19.4 Å². The highest BCUT2D eigenvalue weighted by Gasteiger charge is 2.15. The second-order valence-corrected chi connectivity index (χ2v) is 5.99. The fraction of sp³-hybridized carbons (Fsp3) is 0.300. The van der Waals surface area contributed by atoms with Crippen molar-refractivity contribution in [3.05, 3.63) is 66.1 Å². The second-order valence-electron chi connectivity index (χ2n) is 5.99. The van der Waals surface area contributed by atoms with Crippen molar-refractivity contribution in [3.63, 3.8) is 0 Å². The van der Waals surface area contributed by atoms with E-state index in [1.165, 1.54) is 10.9 Å². The summed E-state index contributed by atoms with van der Waals surface area (Å²) in [6.07, 6.45) is 4.93. The molecule has 130 valence electrons. The minimum atomic E-state index is 0.119. The van der Waals surface area contributed by atoms with E-state index in [1.807, 2.05) is 47.5 Å². The van der Waals surface area contributed by atoms with Crippen molar-refractivity contribution in [2.75, 3.05) is 20.3 Å². The van der Waals surface area contributed by atoms with Gasteiger partial charge >= 0.3 is 0 Å². The number of hydrogen-bond acceptors (Lipinski definition) is 3. The van der Waals surface area contributed by atoms with Gasteiger partial charge in [0.05, 0.1) is 18.8 Å². The van der Waals surface area contributed by atoms with E-state index in [-0.39, 0.29) is 5.91 Å². The Labute approximate surface area is 147 Å². The third kappa shape index (κ3) is 4.45. The minimum absolute atomic E-state index is 0.119. The number of fused-ring (bicyclic) bond motifs is 1. The number of hydrogen-bond donors (Lipinski definition) is 1. The first-order valence-corrected chi connectivity index (χ1v) is 8.49. The molecule has 3 aromatic rings. The normalized spacial score (nSPS) is 10.9. The van der Waals surface area contributed by atoms with E-state index < -0.39 is 0 Å². The number of carbonyl (C=O) groups excluding carboxylic acids is 1. The number of para-hydroxylation sites is 1. The molecule has 0 atom stereocenters. The Kier molecular flexibility index (Phi) is 5.80. The molecule has 5 nitrogen and oxygen atoms in total. The van der Waals surface area contributed by atoms with Gasteiger partial charge in [-0.2, -0.15) is 0 Å².